The van der Waals surface area contributed by atoms with Gasteiger partial charge in [-0.25, -0.2) is 9.48 Å². The summed E-state index contributed by atoms with van der Waals surface area (Å²) in [6.07, 6.45) is 0. The molecule has 0 fully saturated rings. The van der Waals surface area contributed by atoms with Gasteiger partial charge in [-0.1, -0.05) is 29.0 Å². The molecule has 82 valence electrons. The fraction of sp³-hybridized carbons (Fsp3) is 0.182. The van der Waals surface area contributed by atoms with Crippen LogP contribution in [0.3, 0.4) is 0 Å². The molecule has 1 heterocycles. The van der Waals surface area contributed by atoms with Gasteiger partial charge >= 0.3 is 5.97 Å². The van der Waals surface area contributed by atoms with Crippen molar-refractivity contribution in [2.75, 3.05) is 0 Å². The Hall–Kier alpha value is -2.17. The van der Waals surface area contributed by atoms with Gasteiger partial charge in [0.15, 0.2) is 5.69 Å². The van der Waals surface area contributed by atoms with Crippen LogP contribution in [0.2, 0.25) is 0 Å². The Morgan fingerprint density at radius 3 is 2.81 bits per heavy atom. The second-order valence-corrected chi connectivity index (χ2v) is 3.58. The Kier molecular flexibility index (Phi) is 2.44. The van der Waals surface area contributed by atoms with E-state index in [1.54, 1.807) is 7.05 Å². The van der Waals surface area contributed by atoms with Gasteiger partial charge in [-0.05, 0) is 13.0 Å². The van der Waals surface area contributed by atoms with Gasteiger partial charge < -0.3 is 5.11 Å². The number of carbonyl (C=O) groups is 1. The van der Waals surface area contributed by atoms with Gasteiger partial charge in [0.25, 0.3) is 0 Å². The molecule has 1 aromatic carbocycles. The zero-order chi connectivity index (χ0) is 11.7. The average molecular weight is 217 g/mol. The van der Waals surface area contributed by atoms with Crippen molar-refractivity contribution in [3.8, 4) is 11.3 Å². The lowest BCUT2D eigenvalue weighted by molar-refractivity contribution is 0.0691. The van der Waals surface area contributed by atoms with Crippen LogP contribution in [0.25, 0.3) is 11.3 Å². The molecule has 0 saturated carbocycles. The molecule has 1 N–H and O–H groups in total. The first-order valence-corrected chi connectivity index (χ1v) is 4.79. The standard InChI is InChI=1S/C11H11N3O2/c1-7-4-3-5-8(6-7)10-9(11(15)16)12-13-14(10)2/h3-6H,1-2H3,(H,15,16). The van der Waals surface area contributed by atoms with Crippen LogP contribution in [0.5, 0.6) is 0 Å². The molecule has 0 spiro atoms. The number of nitrogens with zero attached hydrogens (tertiary/aromatic N) is 3. The highest BCUT2D eigenvalue weighted by atomic mass is 16.4. The number of aryl methyl sites for hydroxylation is 2. The third-order valence-electron chi connectivity index (χ3n) is 2.32. The fourth-order valence-corrected chi connectivity index (χ4v) is 1.62. The van der Waals surface area contributed by atoms with Crippen molar-refractivity contribution >= 4 is 5.97 Å². The van der Waals surface area contributed by atoms with Crippen molar-refractivity contribution in [1.82, 2.24) is 15.0 Å². The van der Waals surface area contributed by atoms with Gasteiger partial charge in [0.1, 0.15) is 5.69 Å². The Balaban J connectivity index is 2.63. The van der Waals surface area contributed by atoms with Crippen molar-refractivity contribution in [2.24, 2.45) is 7.05 Å². The van der Waals surface area contributed by atoms with Crippen molar-refractivity contribution in [3.63, 3.8) is 0 Å². The lowest BCUT2D eigenvalue weighted by atomic mass is 10.1. The highest BCUT2D eigenvalue weighted by Crippen LogP contribution is 2.22. The Morgan fingerprint density at radius 1 is 1.44 bits per heavy atom. The molecule has 2 rings (SSSR count). The molecule has 2 aromatic rings. The van der Waals surface area contributed by atoms with Gasteiger partial charge in [0, 0.05) is 12.6 Å². The monoisotopic (exact) mass is 217 g/mol. The summed E-state index contributed by atoms with van der Waals surface area (Å²) >= 11 is 0. The van der Waals surface area contributed by atoms with Gasteiger partial charge in [-0.3, -0.25) is 0 Å². The maximum Gasteiger partial charge on any atom is 0.358 e. The summed E-state index contributed by atoms with van der Waals surface area (Å²) in [5.74, 6) is -1.07. The highest BCUT2D eigenvalue weighted by molar-refractivity contribution is 5.92. The summed E-state index contributed by atoms with van der Waals surface area (Å²) in [4.78, 5) is 11.0. The van der Waals surface area contributed by atoms with Crippen molar-refractivity contribution < 1.29 is 9.90 Å². The van der Waals surface area contributed by atoms with Crippen LogP contribution in [0.4, 0.5) is 0 Å². The molecular weight excluding hydrogens is 206 g/mol. The predicted molar refractivity (Wildman–Crippen MR) is 58.1 cm³/mol. The molecule has 0 aliphatic rings. The van der Waals surface area contributed by atoms with Crippen LogP contribution in [-0.2, 0) is 7.05 Å². The minimum Gasteiger partial charge on any atom is -0.476 e. The average Bonchev–Trinajstić information content (AvgIpc) is 2.60. The molecule has 1 aromatic heterocycles. The number of aromatic carboxylic acids is 1. The summed E-state index contributed by atoms with van der Waals surface area (Å²) < 4.78 is 1.47. The molecule has 0 atom stereocenters. The SMILES string of the molecule is Cc1cccc(-c2c(C(=O)O)nnn2C)c1. The number of rotatable bonds is 2. The van der Waals surface area contributed by atoms with Crippen LogP contribution in [0.15, 0.2) is 24.3 Å². The van der Waals surface area contributed by atoms with E-state index in [1.807, 2.05) is 31.2 Å². The predicted octanol–water partition coefficient (Wildman–Crippen LogP) is 1.49. The van der Waals surface area contributed by atoms with Crippen molar-refractivity contribution in [3.05, 3.63) is 35.5 Å². The summed E-state index contributed by atoms with van der Waals surface area (Å²) in [6, 6.07) is 7.58. The molecule has 0 aliphatic heterocycles. The smallest absolute Gasteiger partial charge is 0.358 e. The molecular formula is C11H11N3O2. The highest BCUT2D eigenvalue weighted by Gasteiger charge is 2.18. The molecule has 0 amide bonds. The quantitative estimate of drug-likeness (QED) is 0.827. The summed E-state index contributed by atoms with van der Waals surface area (Å²) in [5, 5.41) is 16.4. The van der Waals surface area contributed by atoms with E-state index in [1.165, 1.54) is 4.68 Å². The first kappa shape index (κ1) is 10.4. The van der Waals surface area contributed by atoms with Crippen LogP contribution in [0, 0.1) is 6.92 Å². The molecule has 0 saturated heterocycles. The second-order valence-electron chi connectivity index (χ2n) is 3.58. The molecule has 0 unspecified atom stereocenters. The van der Waals surface area contributed by atoms with E-state index in [0.29, 0.717) is 5.69 Å². The van der Waals surface area contributed by atoms with E-state index >= 15 is 0 Å². The number of carboxylic acid groups (broad SMARTS) is 1. The maximum atomic E-state index is 11.0. The van der Waals surface area contributed by atoms with Gasteiger partial charge in [-0.2, -0.15) is 0 Å². The molecule has 5 nitrogen and oxygen atoms in total. The van der Waals surface area contributed by atoms with Gasteiger partial charge in [0.05, 0.1) is 0 Å². The topological polar surface area (TPSA) is 68.0 Å². The number of hydrogen-bond donors (Lipinski definition) is 1. The number of carboxylic acids is 1. The van der Waals surface area contributed by atoms with E-state index in [9.17, 15) is 4.79 Å². The van der Waals surface area contributed by atoms with Crippen LogP contribution < -0.4 is 0 Å². The fourth-order valence-electron chi connectivity index (χ4n) is 1.62. The first-order chi connectivity index (χ1) is 7.59. The lowest BCUT2D eigenvalue weighted by Gasteiger charge is -2.03. The van der Waals surface area contributed by atoms with Crippen molar-refractivity contribution in [2.45, 2.75) is 6.92 Å². The normalized spacial score (nSPS) is 10.4. The molecule has 0 aliphatic carbocycles. The zero-order valence-corrected chi connectivity index (χ0v) is 9.01. The van der Waals surface area contributed by atoms with Crippen molar-refractivity contribution in [1.29, 1.82) is 0 Å². The van der Waals surface area contributed by atoms with E-state index < -0.39 is 5.97 Å². The third kappa shape index (κ3) is 1.67. The number of hydrogen-bond acceptors (Lipinski definition) is 3. The van der Waals surface area contributed by atoms with Crippen LogP contribution in [0.1, 0.15) is 16.1 Å². The number of benzene rings is 1. The van der Waals surface area contributed by atoms with Gasteiger partial charge in [0.2, 0.25) is 0 Å². The summed E-state index contributed by atoms with van der Waals surface area (Å²) in [6.45, 7) is 1.95. The van der Waals surface area contributed by atoms with E-state index in [4.69, 9.17) is 5.11 Å². The van der Waals surface area contributed by atoms with E-state index in [-0.39, 0.29) is 5.69 Å². The molecule has 16 heavy (non-hydrogen) atoms. The van der Waals surface area contributed by atoms with Crippen LogP contribution >= 0.6 is 0 Å². The zero-order valence-electron chi connectivity index (χ0n) is 9.01. The third-order valence-corrected chi connectivity index (χ3v) is 2.32. The van der Waals surface area contributed by atoms with Crippen LogP contribution in [-0.4, -0.2) is 26.1 Å². The molecule has 5 heteroatoms. The molecule has 0 radical (unpaired) electrons. The second kappa shape index (κ2) is 3.77. The summed E-state index contributed by atoms with van der Waals surface area (Å²) in [5.41, 5.74) is 2.38. The van der Waals surface area contributed by atoms with E-state index in [2.05, 4.69) is 10.3 Å². The summed E-state index contributed by atoms with van der Waals surface area (Å²) in [7, 11) is 1.68. The minimum atomic E-state index is -1.07. The first-order valence-electron chi connectivity index (χ1n) is 4.79. The largest absolute Gasteiger partial charge is 0.476 e. The minimum absolute atomic E-state index is 0.0203. The maximum absolute atomic E-state index is 11.0. The lowest BCUT2D eigenvalue weighted by Crippen LogP contribution is -2.01. The van der Waals surface area contributed by atoms with Gasteiger partial charge in [-0.15, -0.1) is 5.10 Å². The van der Waals surface area contributed by atoms with E-state index in [0.717, 1.165) is 11.1 Å². The number of aromatic nitrogens is 3. The Bertz CT molecular complexity index is 546. The Labute approximate surface area is 92.3 Å². The molecule has 0 bridgehead atoms. The Morgan fingerprint density at radius 2 is 2.19 bits per heavy atom.